The Morgan fingerprint density at radius 3 is 2.50 bits per heavy atom. The van der Waals surface area contributed by atoms with Crippen LogP contribution in [0.5, 0.6) is 0 Å². The Morgan fingerprint density at radius 1 is 1.23 bits per heavy atom. The number of benzene rings is 2. The van der Waals surface area contributed by atoms with Crippen LogP contribution in [0.2, 0.25) is 0 Å². The lowest BCUT2D eigenvalue weighted by molar-refractivity contribution is 0.112. The second kappa shape index (κ2) is 9.24. The van der Waals surface area contributed by atoms with Crippen molar-refractivity contribution in [1.29, 1.82) is 0 Å². The van der Waals surface area contributed by atoms with Crippen molar-refractivity contribution in [3.63, 3.8) is 0 Å². The minimum atomic E-state index is -0.430. The molecule has 0 radical (unpaired) electrons. The summed E-state index contributed by atoms with van der Waals surface area (Å²) in [5, 5.41) is 10.9. The molecule has 1 heterocycles. The molecule has 5 N–H and O–H groups in total. The van der Waals surface area contributed by atoms with E-state index in [1.165, 1.54) is 17.7 Å². The molecule has 0 saturated carbocycles. The van der Waals surface area contributed by atoms with Gasteiger partial charge in [0.2, 0.25) is 0 Å². The van der Waals surface area contributed by atoms with Gasteiger partial charge < -0.3 is 21.1 Å². The normalized spacial score (nSPS) is 10.5. The first-order valence-corrected chi connectivity index (χ1v) is 8.36. The number of aromatic amines is 1. The number of rotatable bonds is 6. The summed E-state index contributed by atoms with van der Waals surface area (Å²) >= 11 is 0. The molecule has 0 aliphatic rings. The van der Waals surface area contributed by atoms with E-state index in [9.17, 15) is 9.18 Å². The smallest absolute Gasteiger partial charge is 0.150 e. The molecular formula is C20H24FN3O2. The van der Waals surface area contributed by atoms with Crippen molar-refractivity contribution >= 4 is 17.2 Å². The van der Waals surface area contributed by atoms with Crippen LogP contribution in [0.25, 0.3) is 22.2 Å². The first-order valence-electron chi connectivity index (χ1n) is 8.36. The molecule has 0 saturated heterocycles. The minimum Gasteiger partial charge on any atom is -0.400 e. The summed E-state index contributed by atoms with van der Waals surface area (Å²) in [6.07, 6.45) is 1.30. The maximum atomic E-state index is 13.7. The third kappa shape index (κ3) is 3.99. The third-order valence-corrected chi connectivity index (χ3v) is 4.14. The lowest BCUT2D eigenvalue weighted by Gasteiger charge is -2.06. The Morgan fingerprint density at radius 2 is 1.92 bits per heavy atom. The van der Waals surface area contributed by atoms with Crippen molar-refractivity contribution in [3.05, 3.63) is 58.9 Å². The van der Waals surface area contributed by atoms with Crippen LogP contribution >= 0.6 is 0 Å². The van der Waals surface area contributed by atoms with Crippen molar-refractivity contribution in [2.75, 3.05) is 20.7 Å². The van der Waals surface area contributed by atoms with Crippen LogP contribution in [-0.4, -0.2) is 37.1 Å². The van der Waals surface area contributed by atoms with E-state index in [2.05, 4.69) is 10.3 Å². The van der Waals surface area contributed by atoms with Crippen molar-refractivity contribution < 1.29 is 14.3 Å². The van der Waals surface area contributed by atoms with Crippen molar-refractivity contribution in [3.8, 4) is 11.3 Å². The molecular weight excluding hydrogens is 333 g/mol. The summed E-state index contributed by atoms with van der Waals surface area (Å²) in [6.45, 7) is 1.25. The topological polar surface area (TPSA) is 91.1 Å². The number of nitrogens with two attached hydrogens (primary N) is 1. The Bertz CT molecular complexity index is 873. The van der Waals surface area contributed by atoms with Crippen LogP contribution in [0, 0.1) is 5.82 Å². The highest BCUT2D eigenvalue weighted by atomic mass is 19.1. The predicted octanol–water partition coefficient (Wildman–Crippen LogP) is 2.62. The molecule has 2 aromatic carbocycles. The van der Waals surface area contributed by atoms with Crippen LogP contribution in [0.1, 0.15) is 21.5 Å². The van der Waals surface area contributed by atoms with Gasteiger partial charge in [0.05, 0.1) is 0 Å². The first-order chi connectivity index (χ1) is 12.7. The number of aliphatic hydroxyl groups excluding tert-OH is 1. The van der Waals surface area contributed by atoms with Crippen LogP contribution in [0.4, 0.5) is 4.39 Å². The number of halogens is 1. The number of carbonyl (C=O) groups is 1. The van der Waals surface area contributed by atoms with E-state index in [0.717, 1.165) is 35.9 Å². The maximum absolute atomic E-state index is 13.7. The monoisotopic (exact) mass is 357 g/mol. The standard InChI is InChI=1S/C19H20FN3O.CH4O/c1-22-10-12-2-4-13(5-3-12)19-16(6-7-21)18-14(11-24)8-15(20)9-17(18)23-19;1-2/h2-5,8-9,11,22-23H,6-7,10,21H2,1H3;2H,1H3. The number of H-pyrrole nitrogens is 1. The first kappa shape index (κ1) is 19.8. The Labute approximate surface area is 152 Å². The Hall–Kier alpha value is -2.54. The number of carbonyl (C=O) groups excluding carboxylic acids is 1. The highest BCUT2D eigenvalue weighted by molar-refractivity contribution is 6.02. The highest BCUT2D eigenvalue weighted by Gasteiger charge is 2.16. The molecule has 138 valence electrons. The molecule has 0 spiro atoms. The molecule has 0 amide bonds. The van der Waals surface area contributed by atoms with Gasteiger partial charge in [-0.3, -0.25) is 4.79 Å². The van der Waals surface area contributed by atoms with Gasteiger partial charge in [0.15, 0.2) is 6.29 Å². The Balaban J connectivity index is 0.00000117. The van der Waals surface area contributed by atoms with Gasteiger partial charge in [-0.15, -0.1) is 0 Å². The van der Waals surface area contributed by atoms with Crippen molar-refractivity contribution in [2.24, 2.45) is 5.73 Å². The van der Waals surface area contributed by atoms with Crippen LogP contribution in [0.3, 0.4) is 0 Å². The van der Waals surface area contributed by atoms with E-state index in [1.54, 1.807) is 0 Å². The van der Waals surface area contributed by atoms with E-state index in [4.69, 9.17) is 10.8 Å². The number of hydrogen-bond donors (Lipinski definition) is 4. The summed E-state index contributed by atoms with van der Waals surface area (Å²) in [4.78, 5) is 14.6. The zero-order valence-corrected chi connectivity index (χ0v) is 15.0. The van der Waals surface area contributed by atoms with Gasteiger partial charge in [-0.05, 0) is 48.8 Å². The average Bonchev–Trinajstić information content (AvgIpc) is 3.02. The third-order valence-electron chi connectivity index (χ3n) is 4.14. The van der Waals surface area contributed by atoms with Crippen molar-refractivity contribution in [1.82, 2.24) is 10.3 Å². The quantitative estimate of drug-likeness (QED) is 0.511. The molecule has 0 unspecified atom stereocenters. The average molecular weight is 357 g/mol. The molecule has 0 atom stereocenters. The number of aldehydes is 1. The molecule has 5 nitrogen and oxygen atoms in total. The lowest BCUT2D eigenvalue weighted by Crippen LogP contribution is -2.05. The largest absolute Gasteiger partial charge is 0.400 e. The minimum absolute atomic E-state index is 0.350. The van der Waals surface area contributed by atoms with Crippen molar-refractivity contribution in [2.45, 2.75) is 13.0 Å². The number of fused-ring (bicyclic) bond motifs is 1. The fourth-order valence-corrected chi connectivity index (χ4v) is 3.13. The van der Waals surface area contributed by atoms with E-state index in [1.807, 2.05) is 31.3 Å². The molecule has 6 heteroatoms. The maximum Gasteiger partial charge on any atom is 0.150 e. The second-order valence-electron chi connectivity index (χ2n) is 5.78. The summed E-state index contributed by atoms with van der Waals surface area (Å²) in [7, 11) is 2.90. The molecule has 0 fully saturated rings. The summed E-state index contributed by atoms with van der Waals surface area (Å²) in [5.74, 6) is -0.430. The molecule has 0 bridgehead atoms. The van der Waals surface area contributed by atoms with Gasteiger partial charge in [0.25, 0.3) is 0 Å². The van der Waals surface area contributed by atoms with E-state index >= 15 is 0 Å². The molecule has 3 aromatic rings. The van der Waals surface area contributed by atoms with E-state index in [-0.39, 0.29) is 0 Å². The van der Waals surface area contributed by atoms with Gasteiger partial charge in [0, 0.05) is 35.8 Å². The summed E-state index contributed by atoms with van der Waals surface area (Å²) in [6, 6.07) is 10.8. The fraction of sp³-hybridized carbons (Fsp3) is 0.250. The van der Waals surface area contributed by atoms with Crippen LogP contribution in [0.15, 0.2) is 36.4 Å². The second-order valence-corrected chi connectivity index (χ2v) is 5.78. The molecule has 26 heavy (non-hydrogen) atoms. The van der Waals surface area contributed by atoms with Crippen LogP contribution < -0.4 is 11.1 Å². The van der Waals surface area contributed by atoms with Gasteiger partial charge in [-0.2, -0.15) is 0 Å². The lowest BCUT2D eigenvalue weighted by atomic mass is 9.99. The zero-order valence-electron chi connectivity index (χ0n) is 15.0. The zero-order chi connectivity index (χ0) is 19.1. The fourth-order valence-electron chi connectivity index (χ4n) is 3.13. The SMILES string of the molecule is CNCc1ccc(-c2[nH]c3cc(F)cc(C=O)c3c2CCN)cc1.CO. The number of aromatic nitrogens is 1. The Kier molecular flexibility index (Phi) is 7.03. The molecule has 0 aliphatic heterocycles. The van der Waals surface area contributed by atoms with Gasteiger partial charge >= 0.3 is 0 Å². The number of aliphatic hydroxyl groups is 1. The molecule has 0 aliphatic carbocycles. The number of nitrogens with one attached hydrogen (secondary N) is 2. The van der Waals surface area contributed by atoms with Gasteiger partial charge in [0.1, 0.15) is 5.82 Å². The van der Waals surface area contributed by atoms with Crippen LogP contribution in [-0.2, 0) is 13.0 Å². The number of hydrogen-bond acceptors (Lipinski definition) is 4. The summed E-state index contributed by atoms with van der Waals surface area (Å²) in [5.41, 5.74) is 10.7. The highest BCUT2D eigenvalue weighted by Crippen LogP contribution is 2.33. The van der Waals surface area contributed by atoms with Gasteiger partial charge in [-0.1, -0.05) is 24.3 Å². The van der Waals surface area contributed by atoms with Gasteiger partial charge in [-0.25, -0.2) is 4.39 Å². The van der Waals surface area contributed by atoms with E-state index in [0.29, 0.717) is 30.3 Å². The predicted molar refractivity (Wildman–Crippen MR) is 103 cm³/mol. The van der Waals surface area contributed by atoms with E-state index < -0.39 is 5.82 Å². The molecule has 3 rings (SSSR count). The molecule has 1 aromatic heterocycles. The summed E-state index contributed by atoms with van der Waals surface area (Å²) < 4.78 is 13.7.